The fraction of sp³-hybridized carbons (Fsp3) is 0.208. The molecule has 0 unspecified atom stereocenters. The van der Waals surface area contributed by atoms with Crippen molar-refractivity contribution in [3.05, 3.63) is 75.8 Å². The van der Waals surface area contributed by atoms with E-state index in [1.807, 2.05) is 6.92 Å². The number of rotatable bonds is 9. The zero-order valence-corrected chi connectivity index (χ0v) is 19.4. The molecule has 0 aliphatic carbocycles. The predicted octanol–water partition coefficient (Wildman–Crippen LogP) is 6.24. The zero-order chi connectivity index (χ0) is 23.1. The average molecular weight is 476 g/mol. The Hall–Kier alpha value is -3.09. The van der Waals surface area contributed by atoms with Crippen molar-refractivity contribution in [3.8, 4) is 23.0 Å². The van der Waals surface area contributed by atoms with E-state index in [0.29, 0.717) is 50.9 Å². The van der Waals surface area contributed by atoms with Crippen molar-refractivity contribution in [1.82, 2.24) is 0 Å². The molecule has 0 fully saturated rings. The van der Waals surface area contributed by atoms with E-state index in [1.54, 1.807) is 54.6 Å². The summed E-state index contributed by atoms with van der Waals surface area (Å²) >= 11 is 12.1. The average Bonchev–Trinajstić information content (AvgIpc) is 2.80. The van der Waals surface area contributed by atoms with Crippen LogP contribution in [0.1, 0.15) is 22.8 Å². The lowest BCUT2D eigenvalue weighted by molar-refractivity contribution is 0.102. The van der Waals surface area contributed by atoms with Crippen LogP contribution < -0.4 is 24.3 Å². The molecule has 0 radical (unpaired) electrons. The topological polar surface area (TPSA) is 66.0 Å². The fourth-order valence-corrected chi connectivity index (χ4v) is 3.33. The third-order valence-corrected chi connectivity index (χ3v) is 5.10. The van der Waals surface area contributed by atoms with E-state index in [2.05, 4.69) is 5.32 Å². The molecule has 32 heavy (non-hydrogen) atoms. The highest BCUT2D eigenvalue weighted by atomic mass is 35.5. The molecule has 1 N–H and O–H groups in total. The first-order chi connectivity index (χ1) is 15.4. The minimum absolute atomic E-state index is 0.218. The summed E-state index contributed by atoms with van der Waals surface area (Å²) in [6, 6.07) is 15.4. The molecule has 3 aromatic carbocycles. The SMILES string of the molecule is CCOc1ccc(C(=O)Nc2cc(OC)c(Cl)cc2OC)cc1COc1ccc(Cl)cc1. The highest BCUT2D eigenvalue weighted by Gasteiger charge is 2.16. The summed E-state index contributed by atoms with van der Waals surface area (Å²) < 4.78 is 22.1. The van der Waals surface area contributed by atoms with Gasteiger partial charge < -0.3 is 24.3 Å². The van der Waals surface area contributed by atoms with Gasteiger partial charge in [0, 0.05) is 28.3 Å². The first kappa shape index (κ1) is 23.6. The molecule has 0 bridgehead atoms. The Bertz CT molecular complexity index is 1090. The maximum Gasteiger partial charge on any atom is 0.255 e. The van der Waals surface area contributed by atoms with Gasteiger partial charge in [-0.25, -0.2) is 0 Å². The monoisotopic (exact) mass is 475 g/mol. The van der Waals surface area contributed by atoms with Crippen molar-refractivity contribution in [2.24, 2.45) is 0 Å². The maximum atomic E-state index is 13.0. The molecule has 8 heteroatoms. The molecule has 0 atom stereocenters. The van der Waals surface area contributed by atoms with Crippen LogP contribution >= 0.6 is 23.2 Å². The number of ether oxygens (including phenoxy) is 4. The molecule has 0 saturated heterocycles. The number of hydrogen-bond donors (Lipinski definition) is 1. The normalized spacial score (nSPS) is 10.4. The second-order valence-corrected chi connectivity index (χ2v) is 7.48. The second-order valence-electron chi connectivity index (χ2n) is 6.64. The fourth-order valence-electron chi connectivity index (χ4n) is 2.97. The number of methoxy groups -OCH3 is 2. The summed E-state index contributed by atoms with van der Waals surface area (Å²) in [5.74, 6) is 1.81. The number of amides is 1. The van der Waals surface area contributed by atoms with Crippen molar-refractivity contribution < 1.29 is 23.7 Å². The molecule has 0 spiro atoms. The summed E-state index contributed by atoms with van der Waals surface area (Å²) in [5, 5.41) is 3.84. The van der Waals surface area contributed by atoms with Crippen molar-refractivity contribution in [2.45, 2.75) is 13.5 Å². The van der Waals surface area contributed by atoms with Crippen LogP contribution in [0.3, 0.4) is 0 Å². The number of anilines is 1. The number of halogens is 2. The molecule has 0 aromatic heterocycles. The molecular formula is C24H23Cl2NO5. The molecule has 3 rings (SSSR count). The number of hydrogen-bond acceptors (Lipinski definition) is 5. The quantitative estimate of drug-likeness (QED) is 0.396. The molecule has 0 aliphatic heterocycles. The largest absolute Gasteiger partial charge is 0.495 e. The van der Waals surface area contributed by atoms with Gasteiger partial charge in [0.05, 0.1) is 31.5 Å². The van der Waals surface area contributed by atoms with Crippen LogP contribution in [-0.4, -0.2) is 26.7 Å². The number of nitrogens with one attached hydrogen (secondary N) is 1. The Morgan fingerprint density at radius 1 is 0.875 bits per heavy atom. The van der Waals surface area contributed by atoms with Crippen molar-refractivity contribution in [1.29, 1.82) is 0 Å². The lowest BCUT2D eigenvalue weighted by Crippen LogP contribution is -2.14. The molecule has 0 aliphatic rings. The first-order valence-electron chi connectivity index (χ1n) is 9.82. The third kappa shape index (κ3) is 5.78. The van der Waals surface area contributed by atoms with E-state index < -0.39 is 0 Å². The van der Waals surface area contributed by atoms with Crippen molar-refractivity contribution >= 4 is 34.8 Å². The second kappa shape index (κ2) is 11.0. The van der Waals surface area contributed by atoms with Crippen molar-refractivity contribution in [3.63, 3.8) is 0 Å². The Morgan fingerprint density at radius 3 is 2.25 bits per heavy atom. The lowest BCUT2D eigenvalue weighted by atomic mass is 10.1. The Kier molecular flexibility index (Phi) is 8.09. The van der Waals surface area contributed by atoms with E-state index in [1.165, 1.54) is 14.2 Å². The highest BCUT2D eigenvalue weighted by molar-refractivity contribution is 6.32. The summed E-state index contributed by atoms with van der Waals surface area (Å²) in [6.07, 6.45) is 0. The summed E-state index contributed by atoms with van der Waals surface area (Å²) in [7, 11) is 3.00. The lowest BCUT2D eigenvalue weighted by Gasteiger charge is -2.15. The van der Waals surface area contributed by atoms with Gasteiger partial charge in [0.25, 0.3) is 5.91 Å². The van der Waals surface area contributed by atoms with Crippen LogP contribution in [0.25, 0.3) is 0 Å². The minimum Gasteiger partial charge on any atom is -0.495 e. The predicted molar refractivity (Wildman–Crippen MR) is 126 cm³/mol. The van der Waals surface area contributed by atoms with Gasteiger partial charge in [-0.2, -0.15) is 0 Å². The molecular weight excluding hydrogens is 453 g/mol. The standard InChI is InChI=1S/C24H23Cl2NO5/c1-4-31-21-10-5-15(11-16(21)14-32-18-8-6-17(25)7-9-18)24(28)27-20-13-22(29-2)19(26)12-23(20)30-3/h5-13H,4,14H2,1-3H3,(H,27,28). The molecule has 0 saturated carbocycles. The third-order valence-electron chi connectivity index (χ3n) is 4.55. The van der Waals surface area contributed by atoms with Gasteiger partial charge in [0.2, 0.25) is 0 Å². The van der Waals surface area contributed by atoms with Gasteiger partial charge in [0.15, 0.2) is 0 Å². The number of carbonyl (C=O) groups excluding carboxylic acids is 1. The number of carbonyl (C=O) groups is 1. The summed E-state index contributed by atoms with van der Waals surface area (Å²) in [5.41, 5.74) is 1.60. The first-order valence-corrected chi connectivity index (χ1v) is 10.6. The van der Waals surface area contributed by atoms with Crippen LogP contribution in [0, 0.1) is 0 Å². The van der Waals surface area contributed by atoms with Gasteiger partial charge in [-0.3, -0.25) is 4.79 Å². The molecule has 0 heterocycles. The van der Waals surface area contributed by atoms with Crippen LogP contribution in [0.2, 0.25) is 10.0 Å². The van der Waals surface area contributed by atoms with E-state index in [-0.39, 0.29) is 12.5 Å². The zero-order valence-electron chi connectivity index (χ0n) is 17.9. The Morgan fingerprint density at radius 2 is 1.59 bits per heavy atom. The maximum absolute atomic E-state index is 13.0. The summed E-state index contributed by atoms with van der Waals surface area (Å²) in [6.45, 7) is 2.60. The van der Waals surface area contributed by atoms with E-state index >= 15 is 0 Å². The van der Waals surface area contributed by atoms with Gasteiger partial charge in [0.1, 0.15) is 29.6 Å². The molecule has 168 valence electrons. The minimum atomic E-state index is -0.330. The van der Waals surface area contributed by atoms with Gasteiger partial charge >= 0.3 is 0 Å². The highest BCUT2D eigenvalue weighted by Crippen LogP contribution is 2.36. The van der Waals surface area contributed by atoms with E-state index in [9.17, 15) is 4.79 Å². The van der Waals surface area contributed by atoms with E-state index in [4.69, 9.17) is 42.1 Å². The molecule has 1 amide bonds. The van der Waals surface area contributed by atoms with Gasteiger partial charge in [-0.05, 0) is 49.4 Å². The Labute approximate surface area is 197 Å². The molecule has 6 nitrogen and oxygen atoms in total. The van der Waals surface area contributed by atoms with Crippen LogP contribution in [0.15, 0.2) is 54.6 Å². The summed E-state index contributed by atoms with van der Waals surface area (Å²) in [4.78, 5) is 13.0. The smallest absolute Gasteiger partial charge is 0.255 e. The van der Waals surface area contributed by atoms with Crippen LogP contribution in [-0.2, 0) is 6.61 Å². The van der Waals surface area contributed by atoms with Crippen LogP contribution in [0.5, 0.6) is 23.0 Å². The molecule has 3 aromatic rings. The van der Waals surface area contributed by atoms with Crippen molar-refractivity contribution in [2.75, 3.05) is 26.1 Å². The van der Waals surface area contributed by atoms with Gasteiger partial charge in [-0.15, -0.1) is 0 Å². The van der Waals surface area contributed by atoms with E-state index in [0.717, 1.165) is 5.56 Å². The van der Waals surface area contributed by atoms with Crippen LogP contribution in [0.4, 0.5) is 5.69 Å². The Balaban J connectivity index is 1.83. The number of benzene rings is 3. The van der Waals surface area contributed by atoms with Gasteiger partial charge in [-0.1, -0.05) is 23.2 Å².